The molecule has 1 N–H and O–H groups in total. The molecule has 0 amide bonds. The average molecular weight is 128 g/mol. The van der Waals surface area contributed by atoms with Gasteiger partial charge in [0.2, 0.25) is 0 Å². The first-order valence-corrected chi connectivity index (χ1v) is 3.75. The predicted molar refractivity (Wildman–Crippen MR) is 39.6 cm³/mol. The molecule has 0 spiro atoms. The molecule has 0 aromatic heterocycles. The molecule has 0 radical (unpaired) electrons. The molecule has 1 aliphatic rings. The van der Waals surface area contributed by atoms with E-state index < -0.39 is 0 Å². The SMILES string of the molecule is CCCNC1CN(C)C1. The smallest absolute Gasteiger partial charge is 0.0322 e. The van der Waals surface area contributed by atoms with Crippen LogP contribution in [0, 0.1) is 0 Å². The predicted octanol–water partition coefficient (Wildman–Crippen LogP) is 0.300. The fourth-order valence-electron chi connectivity index (χ4n) is 1.18. The zero-order chi connectivity index (χ0) is 6.69. The minimum Gasteiger partial charge on any atom is -0.311 e. The van der Waals surface area contributed by atoms with Gasteiger partial charge in [0.1, 0.15) is 0 Å². The Hall–Kier alpha value is -0.0800. The van der Waals surface area contributed by atoms with Crippen molar-refractivity contribution in [2.75, 3.05) is 26.7 Å². The van der Waals surface area contributed by atoms with E-state index in [1.807, 2.05) is 0 Å². The van der Waals surface area contributed by atoms with Gasteiger partial charge in [0.05, 0.1) is 0 Å². The molecule has 1 saturated heterocycles. The summed E-state index contributed by atoms with van der Waals surface area (Å²) in [7, 11) is 2.16. The fourth-order valence-corrected chi connectivity index (χ4v) is 1.18. The van der Waals surface area contributed by atoms with Crippen molar-refractivity contribution in [1.29, 1.82) is 0 Å². The van der Waals surface area contributed by atoms with Gasteiger partial charge in [-0.2, -0.15) is 0 Å². The first-order valence-electron chi connectivity index (χ1n) is 3.75. The number of likely N-dealkylation sites (tertiary alicyclic amines) is 1. The highest BCUT2D eigenvalue weighted by Crippen LogP contribution is 2.02. The monoisotopic (exact) mass is 128 g/mol. The van der Waals surface area contributed by atoms with E-state index in [9.17, 15) is 0 Å². The molecule has 1 fully saturated rings. The van der Waals surface area contributed by atoms with Crippen LogP contribution in [-0.4, -0.2) is 37.6 Å². The lowest BCUT2D eigenvalue weighted by Gasteiger charge is -2.36. The van der Waals surface area contributed by atoms with E-state index in [-0.39, 0.29) is 0 Å². The average Bonchev–Trinajstić information content (AvgIpc) is 1.78. The summed E-state index contributed by atoms with van der Waals surface area (Å²) in [6.07, 6.45) is 1.25. The molecule has 2 heteroatoms. The summed E-state index contributed by atoms with van der Waals surface area (Å²) in [6, 6.07) is 0.787. The zero-order valence-corrected chi connectivity index (χ0v) is 6.35. The molecular formula is C7H16N2. The molecule has 1 rings (SSSR count). The van der Waals surface area contributed by atoms with Crippen LogP contribution in [0.15, 0.2) is 0 Å². The Morgan fingerprint density at radius 1 is 1.56 bits per heavy atom. The highest BCUT2D eigenvalue weighted by Gasteiger charge is 2.21. The highest BCUT2D eigenvalue weighted by atomic mass is 15.2. The van der Waals surface area contributed by atoms with Crippen LogP contribution in [0.4, 0.5) is 0 Å². The maximum absolute atomic E-state index is 3.46. The Balaban J connectivity index is 1.91. The van der Waals surface area contributed by atoms with Crippen molar-refractivity contribution in [1.82, 2.24) is 10.2 Å². The van der Waals surface area contributed by atoms with Gasteiger partial charge in [0.25, 0.3) is 0 Å². The topological polar surface area (TPSA) is 15.3 Å². The van der Waals surface area contributed by atoms with Crippen molar-refractivity contribution in [2.45, 2.75) is 19.4 Å². The van der Waals surface area contributed by atoms with Crippen molar-refractivity contribution in [3.05, 3.63) is 0 Å². The zero-order valence-electron chi connectivity index (χ0n) is 6.35. The maximum atomic E-state index is 3.46. The van der Waals surface area contributed by atoms with E-state index in [4.69, 9.17) is 0 Å². The first kappa shape index (κ1) is 7.03. The summed E-state index contributed by atoms with van der Waals surface area (Å²) in [5, 5.41) is 3.46. The molecule has 1 aliphatic heterocycles. The molecule has 9 heavy (non-hydrogen) atoms. The van der Waals surface area contributed by atoms with E-state index in [0.717, 1.165) is 6.04 Å². The van der Waals surface area contributed by atoms with Crippen molar-refractivity contribution >= 4 is 0 Å². The van der Waals surface area contributed by atoms with Gasteiger partial charge in [-0.05, 0) is 20.0 Å². The lowest BCUT2D eigenvalue weighted by molar-refractivity contribution is 0.162. The van der Waals surface area contributed by atoms with Crippen molar-refractivity contribution < 1.29 is 0 Å². The Morgan fingerprint density at radius 2 is 2.22 bits per heavy atom. The van der Waals surface area contributed by atoms with Gasteiger partial charge in [-0.3, -0.25) is 0 Å². The molecule has 1 heterocycles. The number of nitrogens with one attached hydrogen (secondary N) is 1. The van der Waals surface area contributed by atoms with E-state index in [1.165, 1.54) is 26.1 Å². The Kier molecular flexibility index (Phi) is 2.49. The third-order valence-corrected chi connectivity index (χ3v) is 1.75. The van der Waals surface area contributed by atoms with Crippen LogP contribution in [0.2, 0.25) is 0 Å². The van der Waals surface area contributed by atoms with Crippen LogP contribution in [-0.2, 0) is 0 Å². The Bertz CT molecular complexity index is 77.0. The first-order chi connectivity index (χ1) is 4.33. The quantitative estimate of drug-likeness (QED) is 0.588. The Morgan fingerprint density at radius 3 is 2.67 bits per heavy atom. The second-order valence-electron chi connectivity index (χ2n) is 2.87. The van der Waals surface area contributed by atoms with Crippen molar-refractivity contribution in [2.24, 2.45) is 0 Å². The molecule has 0 aromatic carbocycles. The van der Waals surface area contributed by atoms with Crippen molar-refractivity contribution in [3.8, 4) is 0 Å². The molecule has 0 atom stereocenters. The van der Waals surface area contributed by atoms with Crippen molar-refractivity contribution in [3.63, 3.8) is 0 Å². The molecule has 54 valence electrons. The summed E-state index contributed by atoms with van der Waals surface area (Å²) in [5.74, 6) is 0. The van der Waals surface area contributed by atoms with E-state index in [1.54, 1.807) is 0 Å². The number of nitrogens with zero attached hydrogens (tertiary/aromatic N) is 1. The summed E-state index contributed by atoms with van der Waals surface area (Å²) >= 11 is 0. The fraction of sp³-hybridized carbons (Fsp3) is 1.00. The second-order valence-corrected chi connectivity index (χ2v) is 2.87. The van der Waals surface area contributed by atoms with Crippen LogP contribution in [0.25, 0.3) is 0 Å². The highest BCUT2D eigenvalue weighted by molar-refractivity contribution is 4.82. The third-order valence-electron chi connectivity index (χ3n) is 1.75. The largest absolute Gasteiger partial charge is 0.311 e. The normalized spacial score (nSPS) is 22.0. The molecule has 0 aliphatic carbocycles. The molecule has 0 unspecified atom stereocenters. The van der Waals surface area contributed by atoms with Gasteiger partial charge in [-0.1, -0.05) is 6.92 Å². The number of likely N-dealkylation sites (N-methyl/N-ethyl adjacent to an activating group) is 1. The van der Waals surface area contributed by atoms with E-state index in [0.29, 0.717) is 0 Å². The summed E-state index contributed by atoms with van der Waals surface area (Å²) in [6.45, 7) is 5.86. The van der Waals surface area contributed by atoms with Crippen LogP contribution in [0.1, 0.15) is 13.3 Å². The number of rotatable bonds is 3. The summed E-state index contributed by atoms with van der Waals surface area (Å²) < 4.78 is 0. The lowest BCUT2D eigenvalue weighted by Crippen LogP contribution is -2.56. The lowest BCUT2D eigenvalue weighted by atomic mass is 10.1. The van der Waals surface area contributed by atoms with Crippen LogP contribution < -0.4 is 5.32 Å². The standard InChI is InChI=1S/C7H16N2/c1-3-4-8-7-5-9(2)6-7/h7-8H,3-6H2,1-2H3. The maximum Gasteiger partial charge on any atom is 0.0322 e. The molecule has 0 bridgehead atoms. The van der Waals surface area contributed by atoms with Gasteiger partial charge in [0, 0.05) is 19.1 Å². The van der Waals surface area contributed by atoms with Gasteiger partial charge < -0.3 is 10.2 Å². The molecule has 2 nitrogen and oxygen atoms in total. The minimum absolute atomic E-state index is 0.787. The minimum atomic E-state index is 0.787. The van der Waals surface area contributed by atoms with E-state index >= 15 is 0 Å². The summed E-state index contributed by atoms with van der Waals surface area (Å²) in [5.41, 5.74) is 0. The molecule has 0 saturated carbocycles. The molecular weight excluding hydrogens is 112 g/mol. The van der Waals surface area contributed by atoms with Crippen LogP contribution in [0.3, 0.4) is 0 Å². The van der Waals surface area contributed by atoms with Gasteiger partial charge in [0.15, 0.2) is 0 Å². The van der Waals surface area contributed by atoms with Gasteiger partial charge in [-0.15, -0.1) is 0 Å². The van der Waals surface area contributed by atoms with Gasteiger partial charge >= 0.3 is 0 Å². The van der Waals surface area contributed by atoms with Crippen LogP contribution >= 0.6 is 0 Å². The van der Waals surface area contributed by atoms with Gasteiger partial charge in [-0.25, -0.2) is 0 Å². The third kappa shape index (κ3) is 1.95. The van der Waals surface area contributed by atoms with Crippen LogP contribution in [0.5, 0.6) is 0 Å². The number of hydrogen-bond acceptors (Lipinski definition) is 2. The van der Waals surface area contributed by atoms with E-state index in [2.05, 4.69) is 24.2 Å². The number of hydrogen-bond donors (Lipinski definition) is 1. The summed E-state index contributed by atoms with van der Waals surface area (Å²) in [4.78, 5) is 2.33. The molecule has 0 aromatic rings. The second kappa shape index (κ2) is 3.18. The Labute approximate surface area is 57.2 Å².